The molecule has 3 aromatic carbocycles. The molecule has 0 aromatic heterocycles. The Hall–Kier alpha value is -3.64. The first-order valence-electron chi connectivity index (χ1n) is 11.5. The molecule has 3 aromatic rings. The number of hydrogen-bond donors (Lipinski definition) is 1. The SMILES string of the molecule is Cc1cccc(C)c1NC(=O)CN(C)C(=O)C1Cc2ccccc2CN1C(=O)c1ccccc1Cl. The highest BCUT2D eigenvalue weighted by Crippen LogP contribution is 2.28. The summed E-state index contributed by atoms with van der Waals surface area (Å²) in [4.78, 5) is 42.8. The number of aryl methyl sites for hydroxylation is 2. The standard InChI is InChI=1S/C28H28ClN3O3/c1-18-9-8-10-19(2)26(18)30-25(33)17-31(3)28(35)24-15-20-11-4-5-12-21(20)16-32(24)27(34)22-13-6-7-14-23(22)29/h4-14,24H,15-17H2,1-3H3,(H,30,33). The average molecular weight is 490 g/mol. The number of nitrogens with zero attached hydrogens (tertiary/aromatic N) is 2. The molecule has 0 bridgehead atoms. The second kappa shape index (κ2) is 10.3. The van der Waals surface area contributed by atoms with Gasteiger partial charge in [0.1, 0.15) is 6.04 Å². The Kier molecular flexibility index (Phi) is 7.22. The molecular formula is C28H28ClN3O3. The molecule has 0 fully saturated rings. The van der Waals surface area contributed by atoms with Crippen molar-refractivity contribution in [1.29, 1.82) is 0 Å². The molecule has 0 saturated carbocycles. The Labute approximate surface area is 210 Å². The number of para-hydroxylation sites is 1. The number of benzene rings is 3. The summed E-state index contributed by atoms with van der Waals surface area (Å²) < 4.78 is 0. The fraction of sp³-hybridized carbons (Fsp3) is 0.250. The molecular weight excluding hydrogens is 462 g/mol. The Morgan fingerprint density at radius 1 is 0.943 bits per heavy atom. The van der Waals surface area contributed by atoms with Crippen LogP contribution < -0.4 is 5.32 Å². The van der Waals surface area contributed by atoms with Crippen LogP contribution in [0.1, 0.15) is 32.6 Å². The van der Waals surface area contributed by atoms with E-state index in [2.05, 4.69) is 5.32 Å². The van der Waals surface area contributed by atoms with Crippen molar-refractivity contribution >= 4 is 35.0 Å². The zero-order chi connectivity index (χ0) is 25.1. The fourth-order valence-electron chi connectivity index (χ4n) is 4.48. The predicted octanol–water partition coefficient (Wildman–Crippen LogP) is 4.62. The first-order valence-corrected chi connectivity index (χ1v) is 11.9. The number of amides is 3. The first-order chi connectivity index (χ1) is 16.8. The zero-order valence-electron chi connectivity index (χ0n) is 20.0. The predicted molar refractivity (Wildman–Crippen MR) is 137 cm³/mol. The third kappa shape index (κ3) is 5.23. The Morgan fingerprint density at radius 3 is 2.26 bits per heavy atom. The van der Waals surface area contributed by atoms with Crippen LogP contribution in [-0.4, -0.2) is 47.2 Å². The summed E-state index contributed by atoms with van der Waals surface area (Å²) in [6, 6.07) is 19.6. The van der Waals surface area contributed by atoms with Crippen molar-refractivity contribution in [1.82, 2.24) is 9.80 Å². The minimum Gasteiger partial charge on any atom is -0.335 e. The summed E-state index contributed by atoms with van der Waals surface area (Å²) in [6.45, 7) is 4.02. The molecule has 1 aliphatic rings. The Morgan fingerprint density at radius 2 is 1.57 bits per heavy atom. The molecule has 6 nitrogen and oxygen atoms in total. The lowest BCUT2D eigenvalue weighted by molar-refractivity contribution is -0.137. The van der Waals surface area contributed by atoms with Crippen molar-refractivity contribution in [3.8, 4) is 0 Å². The van der Waals surface area contributed by atoms with Crippen LogP contribution in [0.3, 0.4) is 0 Å². The lowest BCUT2D eigenvalue weighted by Gasteiger charge is -2.38. The molecule has 35 heavy (non-hydrogen) atoms. The molecule has 0 aliphatic carbocycles. The lowest BCUT2D eigenvalue weighted by atomic mass is 9.92. The fourth-order valence-corrected chi connectivity index (χ4v) is 4.70. The maximum atomic E-state index is 13.6. The van der Waals surface area contributed by atoms with Crippen LogP contribution in [0.15, 0.2) is 66.7 Å². The topological polar surface area (TPSA) is 69.7 Å². The van der Waals surface area contributed by atoms with Crippen LogP contribution in [0.4, 0.5) is 5.69 Å². The van der Waals surface area contributed by atoms with E-state index in [9.17, 15) is 14.4 Å². The van der Waals surface area contributed by atoms with Gasteiger partial charge in [-0.25, -0.2) is 0 Å². The molecule has 1 heterocycles. The van der Waals surface area contributed by atoms with Gasteiger partial charge in [0.2, 0.25) is 11.8 Å². The van der Waals surface area contributed by atoms with Gasteiger partial charge in [-0.3, -0.25) is 14.4 Å². The van der Waals surface area contributed by atoms with E-state index < -0.39 is 6.04 Å². The number of likely N-dealkylation sites (N-methyl/N-ethyl adjacent to an activating group) is 1. The van der Waals surface area contributed by atoms with Crippen molar-refractivity contribution in [3.63, 3.8) is 0 Å². The van der Waals surface area contributed by atoms with Gasteiger partial charge >= 0.3 is 0 Å². The van der Waals surface area contributed by atoms with Gasteiger partial charge in [-0.1, -0.05) is 66.2 Å². The first kappa shape index (κ1) is 24.5. The van der Waals surface area contributed by atoms with E-state index in [1.54, 1.807) is 36.2 Å². The highest BCUT2D eigenvalue weighted by atomic mass is 35.5. The smallest absolute Gasteiger partial charge is 0.256 e. The van der Waals surface area contributed by atoms with E-state index in [0.717, 1.165) is 27.9 Å². The summed E-state index contributed by atoms with van der Waals surface area (Å²) in [6.07, 6.45) is 0.369. The third-order valence-corrected chi connectivity index (χ3v) is 6.73. The molecule has 1 aliphatic heterocycles. The minimum absolute atomic E-state index is 0.126. The zero-order valence-corrected chi connectivity index (χ0v) is 20.8. The van der Waals surface area contributed by atoms with Gasteiger partial charge in [0, 0.05) is 25.7 Å². The molecule has 7 heteroatoms. The molecule has 3 amide bonds. The van der Waals surface area contributed by atoms with Gasteiger partial charge in [0.15, 0.2) is 0 Å². The molecule has 1 unspecified atom stereocenters. The number of anilines is 1. The van der Waals surface area contributed by atoms with Crippen molar-refractivity contribution in [2.45, 2.75) is 32.9 Å². The van der Waals surface area contributed by atoms with E-state index in [0.29, 0.717) is 23.6 Å². The van der Waals surface area contributed by atoms with Gasteiger partial charge in [-0.15, -0.1) is 0 Å². The van der Waals surface area contributed by atoms with Gasteiger partial charge in [0.25, 0.3) is 5.91 Å². The second-order valence-corrected chi connectivity index (χ2v) is 9.32. The number of carbonyl (C=O) groups is 3. The van der Waals surface area contributed by atoms with E-state index in [1.807, 2.05) is 56.3 Å². The Bertz CT molecular complexity index is 1270. The van der Waals surface area contributed by atoms with Gasteiger partial charge in [0.05, 0.1) is 17.1 Å². The average Bonchev–Trinajstić information content (AvgIpc) is 2.85. The normalized spacial score (nSPS) is 14.7. The number of nitrogens with one attached hydrogen (secondary N) is 1. The largest absolute Gasteiger partial charge is 0.335 e. The van der Waals surface area contributed by atoms with E-state index >= 15 is 0 Å². The molecule has 1 atom stereocenters. The third-order valence-electron chi connectivity index (χ3n) is 6.40. The van der Waals surface area contributed by atoms with Crippen molar-refractivity contribution in [2.75, 3.05) is 18.9 Å². The highest BCUT2D eigenvalue weighted by Gasteiger charge is 2.37. The van der Waals surface area contributed by atoms with Crippen LogP contribution in [-0.2, 0) is 22.6 Å². The number of fused-ring (bicyclic) bond motifs is 1. The van der Waals surface area contributed by atoms with Crippen molar-refractivity contribution < 1.29 is 14.4 Å². The van der Waals surface area contributed by atoms with Crippen LogP contribution in [0.2, 0.25) is 5.02 Å². The van der Waals surface area contributed by atoms with E-state index in [-0.39, 0.29) is 24.3 Å². The van der Waals surface area contributed by atoms with Crippen LogP contribution >= 0.6 is 11.6 Å². The molecule has 4 rings (SSSR count). The second-order valence-electron chi connectivity index (χ2n) is 8.91. The van der Waals surface area contributed by atoms with Crippen LogP contribution in [0.25, 0.3) is 0 Å². The maximum Gasteiger partial charge on any atom is 0.256 e. The number of rotatable bonds is 5. The molecule has 0 saturated heterocycles. The van der Waals surface area contributed by atoms with Gasteiger partial charge < -0.3 is 15.1 Å². The van der Waals surface area contributed by atoms with E-state index in [1.165, 1.54) is 4.90 Å². The quantitative estimate of drug-likeness (QED) is 0.568. The highest BCUT2D eigenvalue weighted by molar-refractivity contribution is 6.33. The lowest BCUT2D eigenvalue weighted by Crippen LogP contribution is -2.53. The summed E-state index contributed by atoms with van der Waals surface area (Å²) in [5, 5.41) is 3.26. The summed E-state index contributed by atoms with van der Waals surface area (Å²) in [5.74, 6) is -0.896. The van der Waals surface area contributed by atoms with Crippen LogP contribution in [0, 0.1) is 13.8 Å². The molecule has 180 valence electrons. The van der Waals surface area contributed by atoms with Gasteiger partial charge in [-0.2, -0.15) is 0 Å². The summed E-state index contributed by atoms with van der Waals surface area (Å²) >= 11 is 6.30. The van der Waals surface area contributed by atoms with Crippen molar-refractivity contribution in [3.05, 3.63) is 99.6 Å². The van der Waals surface area contributed by atoms with Gasteiger partial charge in [-0.05, 0) is 48.2 Å². The summed E-state index contributed by atoms with van der Waals surface area (Å²) in [7, 11) is 1.59. The van der Waals surface area contributed by atoms with Crippen LogP contribution in [0.5, 0.6) is 0 Å². The van der Waals surface area contributed by atoms with Crippen molar-refractivity contribution in [2.24, 2.45) is 0 Å². The summed E-state index contributed by atoms with van der Waals surface area (Å²) in [5.41, 5.74) is 5.01. The Balaban J connectivity index is 1.56. The number of hydrogen-bond acceptors (Lipinski definition) is 3. The molecule has 0 spiro atoms. The number of halogens is 1. The monoisotopic (exact) mass is 489 g/mol. The van der Waals surface area contributed by atoms with E-state index in [4.69, 9.17) is 11.6 Å². The number of carbonyl (C=O) groups excluding carboxylic acids is 3. The maximum absolute atomic E-state index is 13.6. The molecule has 1 N–H and O–H groups in total. The minimum atomic E-state index is -0.744. The molecule has 0 radical (unpaired) electrons.